The van der Waals surface area contributed by atoms with Crippen molar-refractivity contribution in [2.24, 2.45) is 0 Å². The Labute approximate surface area is 114 Å². The highest BCUT2D eigenvalue weighted by Crippen LogP contribution is 2.35. The maximum absolute atomic E-state index is 5.77. The van der Waals surface area contributed by atoms with Crippen LogP contribution in [-0.2, 0) is 0 Å². The standard InChI is InChI=1S/C19H14/c1-2-17(15-9-5-3-6-10-15)19-14-13-16-11-7-4-8-12-18(16)19/h1,3-14,17H. The number of fused-ring (bicyclic) bond motifs is 1. The van der Waals surface area contributed by atoms with Gasteiger partial charge in [0.05, 0.1) is 5.92 Å². The Balaban J connectivity index is 2.13. The van der Waals surface area contributed by atoms with Crippen LogP contribution < -0.4 is 0 Å². The normalized spacial score (nSPS) is 11.9. The lowest BCUT2D eigenvalue weighted by Gasteiger charge is -2.11. The molecule has 19 heavy (non-hydrogen) atoms. The smallest absolute Gasteiger partial charge is 0.0705 e. The first-order chi connectivity index (χ1) is 9.40. The first-order valence-electron chi connectivity index (χ1n) is 6.39. The largest absolute Gasteiger partial charge is 0.119 e. The summed E-state index contributed by atoms with van der Waals surface area (Å²) in [4.78, 5) is 0. The lowest BCUT2D eigenvalue weighted by atomic mass is 9.91. The van der Waals surface area contributed by atoms with Crippen LogP contribution >= 0.6 is 0 Å². The number of hydrogen-bond donors (Lipinski definition) is 0. The van der Waals surface area contributed by atoms with Gasteiger partial charge < -0.3 is 0 Å². The minimum absolute atomic E-state index is 0.0149. The molecule has 0 aromatic heterocycles. The predicted molar refractivity (Wildman–Crippen MR) is 80.2 cm³/mol. The van der Waals surface area contributed by atoms with E-state index in [1.807, 2.05) is 24.3 Å². The Morgan fingerprint density at radius 3 is 2.16 bits per heavy atom. The third-order valence-corrected chi connectivity index (χ3v) is 3.44. The van der Waals surface area contributed by atoms with Gasteiger partial charge in [-0.15, -0.1) is 6.42 Å². The van der Waals surface area contributed by atoms with E-state index in [1.165, 1.54) is 22.3 Å². The maximum Gasteiger partial charge on any atom is 0.0705 e. The Kier molecular flexibility index (Phi) is 3.04. The van der Waals surface area contributed by atoms with Crippen LogP contribution in [0.5, 0.6) is 0 Å². The topological polar surface area (TPSA) is 0 Å². The fourth-order valence-electron chi connectivity index (χ4n) is 2.50. The van der Waals surface area contributed by atoms with Gasteiger partial charge in [0.15, 0.2) is 0 Å². The molecule has 0 saturated heterocycles. The van der Waals surface area contributed by atoms with Gasteiger partial charge in [0.2, 0.25) is 0 Å². The first kappa shape index (κ1) is 11.6. The van der Waals surface area contributed by atoms with Crippen molar-refractivity contribution in [2.75, 3.05) is 0 Å². The van der Waals surface area contributed by atoms with E-state index in [2.05, 4.69) is 54.5 Å². The molecule has 3 rings (SSSR count). The van der Waals surface area contributed by atoms with Gasteiger partial charge in [-0.3, -0.25) is 0 Å². The molecule has 2 aliphatic rings. The molecule has 0 N–H and O–H groups in total. The average molecular weight is 242 g/mol. The Morgan fingerprint density at radius 1 is 0.737 bits per heavy atom. The molecular formula is C19H14. The summed E-state index contributed by atoms with van der Waals surface area (Å²) in [5, 5.41) is 0. The molecular weight excluding hydrogens is 228 g/mol. The van der Waals surface area contributed by atoms with Crippen LogP contribution in [0.2, 0.25) is 0 Å². The number of benzene rings is 1. The van der Waals surface area contributed by atoms with E-state index in [4.69, 9.17) is 6.42 Å². The van der Waals surface area contributed by atoms with Crippen LogP contribution in [0.25, 0.3) is 11.1 Å². The summed E-state index contributed by atoms with van der Waals surface area (Å²) in [6.45, 7) is 0. The predicted octanol–water partition coefficient (Wildman–Crippen LogP) is 4.56. The summed E-state index contributed by atoms with van der Waals surface area (Å²) >= 11 is 0. The van der Waals surface area contributed by atoms with Crippen LogP contribution in [0.4, 0.5) is 0 Å². The summed E-state index contributed by atoms with van der Waals surface area (Å²) < 4.78 is 0. The molecule has 0 heterocycles. The van der Waals surface area contributed by atoms with Crippen molar-refractivity contribution in [3.05, 3.63) is 83.9 Å². The molecule has 0 fully saturated rings. The molecule has 1 atom stereocenters. The van der Waals surface area contributed by atoms with Crippen LogP contribution in [0.15, 0.2) is 72.8 Å². The monoisotopic (exact) mass is 242 g/mol. The van der Waals surface area contributed by atoms with Crippen molar-refractivity contribution >= 4 is 0 Å². The molecule has 0 nitrogen and oxygen atoms in total. The maximum atomic E-state index is 5.77. The minimum atomic E-state index is 0.0149. The molecule has 1 unspecified atom stereocenters. The second-order valence-electron chi connectivity index (χ2n) is 4.58. The van der Waals surface area contributed by atoms with Crippen LogP contribution in [0, 0.1) is 12.3 Å². The second kappa shape index (κ2) is 5.00. The van der Waals surface area contributed by atoms with E-state index < -0.39 is 0 Å². The zero-order valence-electron chi connectivity index (χ0n) is 10.6. The Hall–Kier alpha value is -2.52. The zero-order valence-corrected chi connectivity index (χ0v) is 10.6. The van der Waals surface area contributed by atoms with Gasteiger partial charge in [0.1, 0.15) is 0 Å². The highest BCUT2D eigenvalue weighted by atomic mass is 14.2. The quantitative estimate of drug-likeness (QED) is 0.578. The molecule has 1 aromatic rings. The van der Waals surface area contributed by atoms with Gasteiger partial charge in [-0.1, -0.05) is 78.7 Å². The third kappa shape index (κ3) is 2.11. The Bertz CT molecular complexity index is 689. The van der Waals surface area contributed by atoms with E-state index in [-0.39, 0.29) is 5.92 Å². The lowest BCUT2D eigenvalue weighted by molar-refractivity contribution is 1.08. The van der Waals surface area contributed by atoms with Gasteiger partial charge in [0, 0.05) is 0 Å². The molecule has 2 aliphatic carbocycles. The van der Waals surface area contributed by atoms with Crippen molar-refractivity contribution in [1.82, 2.24) is 0 Å². The van der Waals surface area contributed by atoms with E-state index in [1.54, 1.807) is 0 Å². The summed E-state index contributed by atoms with van der Waals surface area (Å²) in [5.41, 5.74) is 4.84. The van der Waals surface area contributed by atoms with Crippen LogP contribution in [0.1, 0.15) is 17.0 Å². The first-order valence-corrected chi connectivity index (χ1v) is 6.39. The molecule has 0 spiro atoms. The van der Waals surface area contributed by atoms with Gasteiger partial charge in [0.25, 0.3) is 0 Å². The lowest BCUT2D eigenvalue weighted by Crippen LogP contribution is -1.97. The van der Waals surface area contributed by atoms with E-state index in [0.29, 0.717) is 0 Å². The summed E-state index contributed by atoms with van der Waals surface area (Å²) in [7, 11) is 0. The summed E-state index contributed by atoms with van der Waals surface area (Å²) in [6, 6.07) is 24.9. The summed E-state index contributed by atoms with van der Waals surface area (Å²) in [5.74, 6) is 2.94. The van der Waals surface area contributed by atoms with Crippen LogP contribution in [-0.4, -0.2) is 0 Å². The fourth-order valence-corrected chi connectivity index (χ4v) is 2.50. The molecule has 0 bridgehead atoms. The highest BCUT2D eigenvalue weighted by molar-refractivity contribution is 5.72. The molecule has 90 valence electrons. The van der Waals surface area contributed by atoms with Gasteiger partial charge in [-0.25, -0.2) is 0 Å². The number of hydrogen-bond acceptors (Lipinski definition) is 0. The Morgan fingerprint density at radius 2 is 1.42 bits per heavy atom. The van der Waals surface area contributed by atoms with Crippen molar-refractivity contribution in [3.63, 3.8) is 0 Å². The molecule has 0 heteroatoms. The minimum Gasteiger partial charge on any atom is -0.119 e. The highest BCUT2D eigenvalue weighted by Gasteiger charge is 2.17. The fraction of sp³-hybridized carbons (Fsp3) is 0.0526. The number of terminal acetylenes is 1. The molecule has 0 aliphatic heterocycles. The molecule has 0 saturated carbocycles. The molecule has 0 amide bonds. The van der Waals surface area contributed by atoms with E-state index in [9.17, 15) is 0 Å². The van der Waals surface area contributed by atoms with Gasteiger partial charge >= 0.3 is 0 Å². The average Bonchev–Trinajstić information content (AvgIpc) is 2.71. The van der Waals surface area contributed by atoms with Crippen LogP contribution in [0.3, 0.4) is 0 Å². The van der Waals surface area contributed by atoms with E-state index in [0.717, 1.165) is 0 Å². The number of rotatable bonds is 2. The van der Waals surface area contributed by atoms with E-state index >= 15 is 0 Å². The van der Waals surface area contributed by atoms with Crippen molar-refractivity contribution < 1.29 is 0 Å². The third-order valence-electron chi connectivity index (χ3n) is 3.44. The zero-order chi connectivity index (χ0) is 13.1. The van der Waals surface area contributed by atoms with Gasteiger partial charge in [-0.05, 0) is 22.3 Å². The SMILES string of the molecule is C#CC(c1ccccc1)c1ccc2cccccc1-2. The van der Waals surface area contributed by atoms with Crippen molar-refractivity contribution in [1.29, 1.82) is 0 Å². The second-order valence-corrected chi connectivity index (χ2v) is 4.58. The summed E-state index contributed by atoms with van der Waals surface area (Å²) in [6.07, 6.45) is 5.77. The van der Waals surface area contributed by atoms with Crippen molar-refractivity contribution in [3.8, 4) is 23.5 Å². The van der Waals surface area contributed by atoms with Gasteiger partial charge in [-0.2, -0.15) is 0 Å². The van der Waals surface area contributed by atoms with Crippen molar-refractivity contribution in [2.45, 2.75) is 5.92 Å². The molecule has 1 aromatic carbocycles. The molecule has 0 radical (unpaired) electrons.